The number of primary amides is 1. The summed E-state index contributed by atoms with van der Waals surface area (Å²) in [5, 5.41) is 21.7. The number of nitrogens with two attached hydrogens (primary N) is 1. The molecule has 0 aliphatic rings. The van der Waals surface area contributed by atoms with Gasteiger partial charge in [0, 0.05) is 12.0 Å². The van der Waals surface area contributed by atoms with E-state index in [0.29, 0.717) is 11.1 Å². The molecule has 3 rings (SSSR count). The van der Waals surface area contributed by atoms with Crippen molar-refractivity contribution in [2.45, 2.75) is 76.4 Å². The highest BCUT2D eigenvalue weighted by molar-refractivity contribution is 5.92. The smallest absolute Gasteiger partial charge is 0.408 e. The molecule has 0 saturated heterocycles. The van der Waals surface area contributed by atoms with E-state index in [1.165, 1.54) is 0 Å². The first kappa shape index (κ1) is 36.2. The molecule has 0 fully saturated rings. The zero-order chi connectivity index (χ0) is 34.4. The highest BCUT2D eigenvalue weighted by Crippen LogP contribution is 2.11. The van der Waals surface area contributed by atoms with Crippen molar-refractivity contribution in [3.05, 3.63) is 108 Å². The summed E-state index contributed by atoms with van der Waals surface area (Å²) in [5.74, 6) is -3.11. The minimum absolute atomic E-state index is 0.000448. The van der Waals surface area contributed by atoms with Crippen molar-refractivity contribution in [1.29, 1.82) is 0 Å². The summed E-state index contributed by atoms with van der Waals surface area (Å²) in [4.78, 5) is 64.6. The van der Waals surface area contributed by atoms with E-state index >= 15 is 0 Å². The predicted octanol–water partition coefficient (Wildman–Crippen LogP) is 1.89. The van der Waals surface area contributed by atoms with Crippen molar-refractivity contribution < 1.29 is 33.8 Å². The number of aliphatic hydroxyl groups is 1. The van der Waals surface area contributed by atoms with Crippen LogP contribution in [-0.2, 0) is 43.4 Å². The van der Waals surface area contributed by atoms with Gasteiger partial charge in [-0.3, -0.25) is 19.2 Å². The molecule has 3 aromatic carbocycles. The van der Waals surface area contributed by atoms with E-state index in [9.17, 15) is 29.1 Å². The summed E-state index contributed by atoms with van der Waals surface area (Å²) in [6, 6.07) is 23.0. The fourth-order valence-electron chi connectivity index (χ4n) is 4.67. The lowest BCUT2D eigenvalue weighted by Crippen LogP contribution is -2.59. The molecule has 12 nitrogen and oxygen atoms in total. The SMILES string of the molecule is CC(C)(C)NC(=O)C(Cc1ccccc1)NC(=O)C(O)C(Cc1ccccc1)NC(=O)C(CC(N)=O)NC(=O)OCc1ccccc1. The minimum Gasteiger partial charge on any atom is -0.445 e. The van der Waals surface area contributed by atoms with Crippen molar-refractivity contribution in [3.8, 4) is 0 Å². The van der Waals surface area contributed by atoms with Gasteiger partial charge in [0.15, 0.2) is 6.10 Å². The van der Waals surface area contributed by atoms with Crippen LogP contribution < -0.4 is 27.0 Å². The van der Waals surface area contributed by atoms with Gasteiger partial charge in [0.05, 0.1) is 12.5 Å². The van der Waals surface area contributed by atoms with E-state index in [4.69, 9.17) is 10.5 Å². The zero-order valence-corrected chi connectivity index (χ0v) is 26.8. The number of rotatable bonds is 15. The van der Waals surface area contributed by atoms with Crippen molar-refractivity contribution in [1.82, 2.24) is 21.3 Å². The van der Waals surface area contributed by atoms with Crippen LogP contribution in [-0.4, -0.2) is 64.6 Å². The monoisotopic (exact) mass is 645 g/mol. The maximum atomic E-state index is 13.5. The summed E-state index contributed by atoms with van der Waals surface area (Å²) in [6.45, 7) is 5.34. The van der Waals surface area contributed by atoms with Crippen molar-refractivity contribution in [2.75, 3.05) is 0 Å². The lowest BCUT2D eigenvalue weighted by atomic mass is 9.98. The van der Waals surface area contributed by atoms with Gasteiger partial charge < -0.3 is 36.8 Å². The third kappa shape index (κ3) is 13.0. The molecule has 0 bridgehead atoms. The zero-order valence-electron chi connectivity index (χ0n) is 26.8. The average Bonchev–Trinajstić information content (AvgIpc) is 3.03. The summed E-state index contributed by atoms with van der Waals surface area (Å²) in [6.07, 6.45) is -3.23. The van der Waals surface area contributed by atoms with Crippen molar-refractivity contribution in [2.24, 2.45) is 5.73 Å². The molecule has 0 aliphatic heterocycles. The predicted molar refractivity (Wildman–Crippen MR) is 175 cm³/mol. The largest absolute Gasteiger partial charge is 0.445 e. The molecule has 4 unspecified atom stereocenters. The quantitative estimate of drug-likeness (QED) is 0.146. The van der Waals surface area contributed by atoms with Crippen LogP contribution in [0, 0.1) is 0 Å². The standard InChI is InChI=1S/C35H43N5O7/c1-35(2,3)40-32(44)27(20-24-15-9-5-10-16-24)38-33(45)30(42)26(19-23-13-7-4-8-14-23)37-31(43)28(21-29(36)41)39-34(46)47-22-25-17-11-6-12-18-25/h4-18,26-28,30,42H,19-22H2,1-3H3,(H2,36,41)(H,37,43)(H,38,45)(H,39,46)(H,40,44). The van der Waals surface area contributed by atoms with E-state index in [1.54, 1.807) is 81.4 Å². The normalized spacial score (nSPS) is 13.6. The number of alkyl carbamates (subject to hydrolysis) is 1. The van der Waals surface area contributed by atoms with E-state index in [-0.39, 0.29) is 19.4 Å². The Labute approximate surface area is 274 Å². The second-order valence-electron chi connectivity index (χ2n) is 12.2. The average molecular weight is 646 g/mol. The molecule has 0 spiro atoms. The Bertz CT molecular complexity index is 1480. The van der Waals surface area contributed by atoms with Crippen LogP contribution in [0.15, 0.2) is 91.0 Å². The van der Waals surface area contributed by atoms with Crippen LogP contribution in [0.25, 0.3) is 0 Å². The van der Waals surface area contributed by atoms with E-state index in [2.05, 4.69) is 21.3 Å². The topological polar surface area (TPSA) is 189 Å². The Morgan fingerprint density at radius 2 is 1.19 bits per heavy atom. The lowest BCUT2D eigenvalue weighted by Gasteiger charge is -2.29. The molecule has 47 heavy (non-hydrogen) atoms. The van der Waals surface area contributed by atoms with E-state index in [0.717, 1.165) is 5.56 Å². The number of carbonyl (C=O) groups excluding carboxylic acids is 5. The highest BCUT2D eigenvalue weighted by atomic mass is 16.5. The summed E-state index contributed by atoms with van der Waals surface area (Å²) in [7, 11) is 0. The highest BCUT2D eigenvalue weighted by Gasteiger charge is 2.34. The van der Waals surface area contributed by atoms with Crippen molar-refractivity contribution >= 4 is 29.7 Å². The molecule has 7 N–H and O–H groups in total. The minimum atomic E-state index is -1.83. The fraction of sp³-hybridized carbons (Fsp3) is 0.343. The van der Waals surface area contributed by atoms with Gasteiger partial charge in [0.1, 0.15) is 18.7 Å². The molecule has 0 heterocycles. The molecule has 250 valence electrons. The summed E-state index contributed by atoms with van der Waals surface area (Å²) >= 11 is 0. The number of nitrogens with one attached hydrogen (secondary N) is 4. The number of aliphatic hydroxyl groups excluding tert-OH is 1. The van der Waals surface area contributed by atoms with Crippen LogP contribution in [0.4, 0.5) is 4.79 Å². The summed E-state index contributed by atoms with van der Waals surface area (Å²) < 4.78 is 5.19. The van der Waals surface area contributed by atoms with Gasteiger partial charge in [-0.15, -0.1) is 0 Å². The number of ether oxygens (including phenoxy) is 1. The lowest BCUT2D eigenvalue weighted by molar-refractivity contribution is -0.137. The van der Waals surface area contributed by atoms with Crippen LogP contribution in [0.3, 0.4) is 0 Å². The maximum Gasteiger partial charge on any atom is 0.408 e. The molecule has 5 amide bonds. The first-order valence-electron chi connectivity index (χ1n) is 15.2. The molecule has 3 aromatic rings. The van der Waals surface area contributed by atoms with Gasteiger partial charge in [0.25, 0.3) is 5.91 Å². The Balaban J connectivity index is 1.79. The van der Waals surface area contributed by atoms with Gasteiger partial charge in [-0.05, 0) is 43.9 Å². The first-order chi connectivity index (χ1) is 22.3. The van der Waals surface area contributed by atoms with Gasteiger partial charge in [-0.1, -0.05) is 91.0 Å². The first-order valence-corrected chi connectivity index (χ1v) is 15.2. The molecule has 0 aliphatic carbocycles. The van der Waals surface area contributed by atoms with Gasteiger partial charge in [-0.25, -0.2) is 4.79 Å². The van der Waals surface area contributed by atoms with Gasteiger partial charge >= 0.3 is 6.09 Å². The molecular formula is C35H43N5O7. The van der Waals surface area contributed by atoms with Crippen LogP contribution in [0.2, 0.25) is 0 Å². The van der Waals surface area contributed by atoms with Gasteiger partial charge in [0.2, 0.25) is 17.7 Å². The maximum absolute atomic E-state index is 13.5. The fourth-order valence-corrected chi connectivity index (χ4v) is 4.67. The second-order valence-corrected chi connectivity index (χ2v) is 12.2. The molecule has 0 aromatic heterocycles. The number of hydrogen-bond donors (Lipinski definition) is 6. The number of hydrogen-bond acceptors (Lipinski definition) is 7. The summed E-state index contributed by atoms with van der Waals surface area (Å²) in [5.41, 5.74) is 6.94. The molecule has 12 heteroatoms. The third-order valence-electron chi connectivity index (χ3n) is 6.92. The Hall–Kier alpha value is -5.23. The van der Waals surface area contributed by atoms with Crippen LogP contribution in [0.5, 0.6) is 0 Å². The van der Waals surface area contributed by atoms with Crippen molar-refractivity contribution in [3.63, 3.8) is 0 Å². The molecular weight excluding hydrogens is 602 g/mol. The van der Waals surface area contributed by atoms with Crippen LogP contribution in [0.1, 0.15) is 43.9 Å². The molecule has 4 atom stereocenters. The molecule has 0 saturated carbocycles. The Kier molecular flexibility index (Phi) is 13.5. The van der Waals surface area contributed by atoms with Crippen LogP contribution >= 0.6 is 0 Å². The number of carbonyl (C=O) groups is 5. The molecule has 0 radical (unpaired) electrons. The van der Waals surface area contributed by atoms with E-state index in [1.807, 2.05) is 30.3 Å². The third-order valence-corrected chi connectivity index (χ3v) is 6.92. The second kappa shape index (κ2) is 17.5. The number of benzene rings is 3. The Morgan fingerprint density at radius 3 is 1.70 bits per heavy atom. The van der Waals surface area contributed by atoms with E-state index < -0.39 is 65.9 Å². The van der Waals surface area contributed by atoms with Gasteiger partial charge in [-0.2, -0.15) is 0 Å². The number of amides is 5. The Morgan fingerprint density at radius 1 is 0.681 bits per heavy atom.